The number of hydrogen-bond donors (Lipinski definition) is 2. The van der Waals surface area contributed by atoms with Crippen LogP contribution in [0.4, 0.5) is 5.13 Å². The number of carbonyl (C=O) groups is 1. The fourth-order valence-corrected chi connectivity index (χ4v) is 3.17. The zero-order valence-electron chi connectivity index (χ0n) is 14.6. The van der Waals surface area contributed by atoms with E-state index < -0.39 is 5.91 Å². The Kier molecular flexibility index (Phi) is 5.09. The van der Waals surface area contributed by atoms with E-state index in [2.05, 4.69) is 10.3 Å². The normalized spacial score (nSPS) is 10.4. The van der Waals surface area contributed by atoms with Crippen molar-refractivity contribution in [3.8, 4) is 28.5 Å². The van der Waals surface area contributed by atoms with Crippen LogP contribution in [0.15, 0.2) is 41.8 Å². The molecule has 0 aliphatic carbocycles. The highest BCUT2D eigenvalue weighted by Crippen LogP contribution is 2.35. The molecule has 1 aromatic heterocycles. The Morgan fingerprint density at radius 2 is 1.96 bits per heavy atom. The number of aromatic nitrogens is 1. The number of nitrogens with one attached hydrogen (secondary N) is 1. The van der Waals surface area contributed by atoms with Crippen LogP contribution in [-0.2, 0) is 0 Å². The van der Waals surface area contributed by atoms with Gasteiger partial charge in [0.1, 0.15) is 17.2 Å². The molecule has 3 aromatic rings. The number of aromatic hydroxyl groups is 1. The molecule has 0 saturated carbocycles. The topological polar surface area (TPSA) is 80.7 Å². The van der Waals surface area contributed by atoms with Gasteiger partial charge in [0.15, 0.2) is 5.13 Å². The number of hydrogen-bond acceptors (Lipinski definition) is 6. The minimum atomic E-state index is -0.416. The molecule has 6 nitrogen and oxygen atoms in total. The predicted molar refractivity (Wildman–Crippen MR) is 101 cm³/mol. The van der Waals surface area contributed by atoms with Crippen molar-refractivity contribution in [3.63, 3.8) is 0 Å². The van der Waals surface area contributed by atoms with E-state index in [9.17, 15) is 9.90 Å². The molecule has 0 radical (unpaired) electrons. The van der Waals surface area contributed by atoms with Gasteiger partial charge in [0.05, 0.1) is 25.5 Å². The number of amides is 1. The molecule has 0 fully saturated rings. The fourth-order valence-electron chi connectivity index (χ4n) is 2.47. The summed E-state index contributed by atoms with van der Waals surface area (Å²) in [6, 6.07) is 10.3. The SMILES string of the molecule is COc1ccc(OC)c(-c2csc(NC(=O)c3ccc(C)cc3O)n2)c1. The monoisotopic (exact) mass is 370 g/mol. The van der Waals surface area contributed by atoms with Gasteiger partial charge in [0.25, 0.3) is 5.91 Å². The molecule has 0 atom stereocenters. The van der Waals surface area contributed by atoms with Gasteiger partial charge in [0.2, 0.25) is 0 Å². The van der Waals surface area contributed by atoms with Gasteiger partial charge in [-0.15, -0.1) is 11.3 Å². The number of methoxy groups -OCH3 is 2. The number of anilines is 1. The molecule has 0 bridgehead atoms. The van der Waals surface area contributed by atoms with Crippen LogP contribution in [-0.4, -0.2) is 30.2 Å². The van der Waals surface area contributed by atoms with Gasteiger partial charge in [-0.3, -0.25) is 10.1 Å². The van der Waals surface area contributed by atoms with E-state index in [0.717, 1.165) is 11.1 Å². The first kappa shape index (κ1) is 17.8. The standard InChI is InChI=1S/C19H18N2O4S/c1-11-4-6-13(16(22)8-11)18(23)21-19-20-15(10-26-19)14-9-12(24-2)5-7-17(14)25-3/h4-10,22H,1-3H3,(H,20,21,23). The van der Waals surface area contributed by atoms with Crippen molar-refractivity contribution in [2.45, 2.75) is 6.92 Å². The second kappa shape index (κ2) is 7.45. The zero-order valence-corrected chi connectivity index (χ0v) is 15.4. The third-order valence-electron chi connectivity index (χ3n) is 3.81. The molecule has 2 N–H and O–H groups in total. The summed E-state index contributed by atoms with van der Waals surface area (Å²) in [4.78, 5) is 16.8. The number of rotatable bonds is 5. The summed E-state index contributed by atoms with van der Waals surface area (Å²) in [5.74, 6) is 0.865. The van der Waals surface area contributed by atoms with E-state index in [1.54, 1.807) is 44.6 Å². The number of nitrogens with zero attached hydrogens (tertiary/aromatic N) is 1. The molecule has 0 aliphatic heterocycles. The Balaban J connectivity index is 1.85. The minimum Gasteiger partial charge on any atom is -0.507 e. The Bertz CT molecular complexity index is 952. The van der Waals surface area contributed by atoms with Gasteiger partial charge in [-0.05, 0) is 42.8 Å². The summed E-state index contributed by atoms with van der Waals surface area (Å²) in [5.41, 5.74) is 2.50. The van der Waals surface area contributed by atoms with Crippen LogP contribution in [0, 0.1) is 6.92 Å². The lowest BCUT2D eigenvalue weighted by Crippen LogP contribution is -2.11. The Hall–Kier alpha value is -3.06. The van der Waals surface area contributed by atoms with Crippen LogP contribution in [0.3, 0.4) is 0 Å². The van der Waals surface area contributed by atoms with Crippen molar-refractivity contribution in [2.75, 3.05) is 19.5 Å². The number of thiazole rings is 1. The van der Waals surface area contributed by atoms with Crippen LogP contribution < -0.4 is 14.8 Å². The number of ether oxygens (including phenoxy) is 2. The zero-order chi connectivity index (χ0) is 18.7. The molecule has 134 valence electrons. The van der Waals surface area contributed by atoms with E-state index in [0.29, 0.717) is 22.3 Å². The van der Waals surface area contributed by atoms with Gasteiger partial charge >= 0.3 is 0 Å². The number of aryl methyl sites for hydroxylation is 1. The smallest absolute Gasteiger partial charge is 0.261 e. The number of phenolic OH excluding ortho intramolecular Hbond substituents is 1. The van der Waals surface area contributed by atoms with Gasteiger partial charge < -0.3 is 14.6 Å². The second-order valence-electron chi connectivity index (χ2n) is 5.58. The summed E-state index contributed by atoms with van der Waals surface area (Å²) in [5, 5.41) is 14.9. The molecule has 0 spiro atoms. The van der Waals surface area contributed by atoms with Crippen molar-refractivity contribution >= 4 is 22.4 Å². The van der Waals surface area contributed by atoms with E-state index in [-0.39, 0.29) is 11.3 Å². The van der Waals surface area contributed by atoms with Gasteiger partial charge in [0, 0.05) is 10.9 Å². The number of carbonyl (C=O) groups excluding carboxylic acids is 1. The van der Waals surface area contributed by atoms with Crippen LogP contribution in [0.5, 0.6) is 17.2 Å². The quantitative estimate of drug-likeness (QED) is 0.707. The lowest BCUT2D eigenvalue weighted by atomic mass is 10.1. The van der Waals surface area contributed by atoms with Crippen molar-refractivity contribution in [1.82, 2.24) is 4.98 Å². The Morgan fingerprint density at radius 3 is 2.65 bits per heavy atom. The molecular weight excluding hydrogens is 352 g/mol. The molecule has 0 saturated heterocycles. The lowest BCUT2D eigenvalue weighted by molar-refractivity contribution is 0.102. The van der Waals surface area contributed by atoms with Gasteiger partial charge in [-0.25, -0.2) is 4.98 Å². The molecule has 3 rings (SSSR count). The van der Waals surface area contributed by atoms with Crippen molar-refractivity contribution in [2.24, 2.45) is 0 Å². The van der Waals surface area contributed by atoms with Crippen molar-refractivity contribution in [1.29, 1.82) is 0 Å². The predicted octanol–water partition coefficient (Wildman–Crippen LogP) is 4.09. The van der Waals surface area contributed by atoms with Crippen LogP contribution in [0.1, 0.15) is 15.9 Å². The van der Waals surface area contributed by atoms with E-state index in [1.165, 1.54) is 11.3 Å². The average molecular weight is 370 g/mol. The maximum Gasteiger partial charge on any atom is 0.261 e. The first-order chi connectivity index (χ1) is 12.5. The lowest BCUT2D eigenvalue weighted by Gasteiger charge is -2.08. The molecule has 0 aliphatic rings. The molecule has 1 heterocycles. The maximum atomic E-state index is 12.4. The average Bonchev–Trinajstić information content (AvgIpc) is 3.09. The van der Waals surface area contributed by atoms with E-state index in [1.807, 2.05) is 18.4 Å². The summed E-state index contributed by atoms with van der Waals surface area (Å²) in [6.45, 7) is 1.84. The molecule has 26 heavy (non-hydrogen) atoms. The van der Waals surface area contributed by atoms with E-state index >= 15 is 0 Å². The molecule has 2 aromatic carbocycles. The summed E-state index contributed by atoms with van der Waals surface area (Å²) in [7, 11) is 3.17. The van der Waals surface area contributed by atoms with E-state index in [4.69, 9.17) is 9.47 Å². The van der Waals surface area contributed by atoms with Crippen LogP contribution in [0.25, 0.3) is 11.3 Å². The van der Waals surface area contributed by atoms with Crippen molar-refractivity contribution in [3.05, 3.63) is 52.9 Å². The summed E-state index contributed by atoms with van der Waals surface area (Å²) >= 11 is 1.29. The minimum absolute atomic E-state index is 0.0613. The molecule has 1 amide bonds. The Labute approximate surface area is 155 Å². The highest BCUT2D eigenvalue weighted by Gasteiger charge is 2.15. The second-order valence-corrected chi connectivity index (χ2v) is 6.44. The summed E-state index contributed by atoms with van der Waals surface area (Å²) in [6.07, 6.45) is 0. The number of benzene rings is 2. The maximum absolute atomic E-state index is 12.4. The van der Waals surface area contributed by atoms with Crippen LogP contribution in [0.2, 0.25) is 0 Å². The first-order valence-corrected chi connectivity index (χ1v) is 8.68. The van der Waals surface area contributed by atoms with Crippen LogP contribution >= 0.6 is 11.3 Å². The summed E-state index contributed by atoms with van der Waals surface area (Å²) < 4.78 is 10.6. The molecule has 7 heteroatoms. The van der Waals surface area contributed by atoms with Gasteiger partial charge in [-0.1, -0.05) is 6.07 Å². The van der Waals surface area contributed by atoms with Crippen molar-refractivity contribution < 1.29 is 19.4 Å². The largest absolute Gasteiger partial charge is 0.507 e. The number of phenols is 1. The van der Waals surface area contributed by atoms with Gasteiger partial charge in [-0.2, -0.15) is 0 Å². The highest BCUT2D eigenvalue weighted by molar-refractivity contribution is 7.14. The third-order valence-corrected chi connectivity index (χ3v) is 4.56. The molecule has 0 unspecified atom stereocenters. The fraction of sp³-hybridized carbons (Fsp3) is 0.158. The highest BCUT2D eigenvalue weighted by atomic mass is 32.1. The first-order valence-electron chi connectivity index (χ1n) is 7.80. The Morgan fingerprint density at radius 1 is 1.15 bits per heavy atom. The third kappa shape index (κ3) is 3.62. The molecular formula is C19H18N2O4S.